The topological polar surface area (TPSA) is 29.3 Å². The van der Waals surface area contributed by atoms with E-state index in [2.05, 4.69) is 18.7 Å². The summed E-state index contributed by atoms with van der Waals surface area (Å²) in [7, 11) is 0. The van der Waals surface area contributed by atoms with Gasteiger partial charge in [-0.3, -0.25) is 4.90 Å². The highest BCUT2D eigenvalue weighted by molar-refractivity contribution is 4.81. The highest BCUT2D eigenvalue weighted by atomic mass is 15.2. The van der Waals surface area contributed by atoms with Gasteiger partial charge in [-0.25, -0.2) is 0 Å². The van der Waals surface area contributed by atoms with E-state index in [1.807, 2.05) is 0 Å². The van der Waals surface area contributed by atoms with Gasteiger partial charge in [-0.05, 0) is 45.7 Å². The Morgan fingerprint density at radius 3 is 2.81 bits per heavy atom. The van der Waals surface area contributed by atoms with E-state index in [-0.39, 0.29) is 0 Å². The van der Waals surface area contributed by atoms with Crippen LogP contribution in [0.1, 0.15) is 65.2 Å². The Labute approximate surface area is 102 Å². The molecule has 16 heavy (non-hydrogen) atoms. The van der Waals surface area contributed by atoms with E-state index < -0.39 is 0 Å². The van der Waals surface area contributed by atoms with Crippen LogP contribution in [0.25, 0.3) is 0 Å². The molecule has 0 aliphatic carbocycles. The number of rotatable bonds is 7. The molecular weight excluding hydrogens is 196 g/mol. The van der Waals surface area contributed by atoms with Crippen LogP contribution < -0.4 is 5.73 Å². The van der Waals surface area contributed by atoms with Crippen LogP contribution in [0.15, 0.2) is 0 Å². The summed E-state index contributed by atoms with van der Waals surface area (Å²) >= 11 is 0. The summed E-state index contributed by atoms with van der Waals surface area (Å²) in [4.78, 5) is 2.73. The molecular formula is C14H30N2. The van der Waals surface area contributed by atoms with Crippen LogP contribution in [0.3, 0.4) is 0 Å². The smallest absolute Gasteiger partial charge is 0.0110 e. The maximum absolute atomic E-state index is 5.72. The van der Waals surface area contributed by atoms with Crippen molar-refractivity contribution in [3.8, 4) is 0 Å². The minimum absolute atomic E-state index is 0.767. The molecule has 2 nitrogen and oxygen atoms in total. The van der Waals surface area contributed by atoms with Crippen molar-refractivity contribution in [2.75, 3.05) is 13.1 Å². The molecule has 1 aliphatic rings. The summed E-state index contributed by atoms with van der Waals surface area (Å²) in [5.41, 5.74) is 5.72. The molecule has 1 rings (SSSR count). The number of hydrogen-bond donors (Lipinski definition) is 1. The second kappa shape index (κ2) is 8.08. The third-order valence-corrected chi connectivity index (χ3v) is 3.96. The number of nitrogens with two attached hydrogens (primary N) is 1. The minimum atomic E-state index is 0.767. The lowest BCUT2D eigenvalue weighted by atomic mass is 9.96. The maximum atomic E-state index is 5.72. The van der Waals surface area contributed by atoms with Crippen molar-refractivity contribution in [3.63, 3.8) is 0 Å². The molecule has 1 fully saturated rings. The van der Waals surface area contributed by atoms with E-state index in [1.54, 1.807) is 0 Å². The fourth-order valence-electron chi connectivity index (χ4n) is 2.96. The Kier molecular flexibility index (Phi) is 7.06. The van der Waals surface area contributed by atoms with Gasteiger partial charge < -0.3 is 5.73 Å². The second-order valence-corrected chi connectivity index (χ2v) is 5.31. The molecule has 1 saturated heterocycles. The first-order valence-corrected chi connectivity index (χ1v) is 7.25. The van der Waals surface area contributed by atoms with E-state index in [1.165, 1.54) is 57.9 Å². The number of piperidine rings is 1. The Bertz CT molecular complexity index is 168. The summed E-state index contributed by atoms with van der Waals surface area (Å²) in [6, 6.07) is 1.54. The van der Waals surface area contributed by atoms with Crippen molar-refractivity contribution in [1.82, 2.24) is 4.90 Å². The summed E-state index contributed by atoms with van der Waals surface area (Å²) < 4.78 is 0. The van der Waals surface area contributed by atoms with Crippen molar-refractivity contribution >= 4 is 0 Å². The zero-order chi connectivity index (χ0) is 11.8. The molecule has 0 aromatic heterocycles. The standard InChI is InChI=1S/C14H30N2/c1-3-4-5-8-13(2)16-12-7-6-9-14(16)10-11-15/h13-14H,3-12,15H2,1-2H3. The molecule has 0 aromatic rings. The van der Waals surface area contributed by atoms with Crippen molar-refractivity contribution in [3.05, 3.63) is 0 Å². The van der Waals surface area contributed by atoms with Crippen molar-refractivity contribution in [2.24, 2.45) is 5.73 Å². The summed E-state index contributed by atoms with van der Waals surface area (Å²) in [5.74, 6) is 0. The first-order chi connectivity index (χ1) is 7.79. The average Bonchev–Trinajstić information content (AvgIpc) is 2.30. The van der Waals surface area contributed by atoms with E-state index in [0.717, 1.165) is 18.6 Å². The Hall–Kier alpha value is -0.0800. The highest BCUT2D eigenvalue weighted by Gasteiger charge is 2.25. The second-order valence-electron chi connectivity index (χ2n) is 5.31. The minimum Gasteiger partial charge on any atom is -0.330 e. The number of hydrogen-bond acceptors (Lipinski definition) is 2. The number of unbranched alkanes of at least 4 members (excludes halogenated alkanes) is 2. The molecule has 2 unspecified atom stereocenters. The first-order valence-electron chi connectivity index (χ1n) is 7.25. The normalized spacial score (nSPS) is 24.6. The van der Waals surface area contributed by atoms with Gasteiger partial charge in [0.2, 0.25) is 0 Å². The van der Waals surface area contributed by atoms with Crippen molar-refractivity contribution in [1.29, 1.82) is 0 Å². The molecule has 0 saturated carbocycles. The molecule has 1 heterocycles. The van der Waals surface area contributed by atoms with Crippen LogP contribution >= 0.6 is 0 Å². The molecule has 0 spiro atoms. The molecule has 0 radical (unpaired) electrons. The van der Waals surface area contributed by atoms with Gasteiger partial charge in [-0.1, -0.05) is 32.6 Å². The Morgan fingerprint density at radius 2 is 2.12 bits per heavy atom. The summed E-state index contributed by atoms with van der Waals surface area (Å²) in [6.07, 6.45) is 10.8. The van der Waals surface area contributed by atoms with Gasteiger partial charge in [-0.2, -0.15) is 0 Å². The van der Waals surface area contributed by atoms with Gasteiger partial charge >= 0.3 is 0 Å². The van der Waals surface area contributed by atoms with E-state index >= 15 is 0 Å². The van der Waals surface area contributed by atoms with Gasteiger partial charge in [-0.15, -0.1) is 0 Å². The zero-order valence-electron chi connectivity index (χ0n) is 11.3. The lowest BCUT2D eigenvalue weighted by molar-refractivity contribution is 0.0924. The van der Waals surface area contributed by atoms with Gasteiger partial charge in [0.25, 0.3) is 0 Å². The molecule has 1 aliphatic heterocycles. The lowest BCUT2D eigenvalue weighted by Gasteiger charge is -2.40. The quantitative estimate of drug-likeness (QED) is 0.676. The van der Waals surface area contributed by atoms with Crippen molar-refractivity contribution in [2.45, 2.75) is 77.3 Å². The third-order valence-electron chi connectivity index (χ3n) is 3.96. The molecule has 2 heteroatoms. The van der Waals surface area contributed by atoms with Crippen LogP contribution in [0.4, 0.5) is 0 Å². The summed E-state index contributed by atoms with van der Waals surface area (Å²) in [6.45, 7) is 6.84. The SMILES string of the molecule is CCCCCC(C)N1CCCCC1CCN. The van der Waals surface area contributed by atoms with Gasteiger partial charge in [0.05, 0.1) is 0 Å². The fourth-order valence-corrected chi connectivity index (χ4v) is 2.96. The molecule has 0 aromatic carbocycles. The van der Waals surface area contributed by atoms with Gasteiger partial charge in [0, 0.05) is 12.1 Å². The average molecular weight is 226 g/mol. The molecule has 0 amide bonds. The molecule has 2 N–H and O–H groups in total. The number of nitrogens with zero attached hydrogens (tertiary/aromatic N) is 1. The maximum Gasteiger partial charge on any atom is 0.0110 e. The Morgan fingerprint density at radius 1 is 1.31 bits per heavy atom. The first kappa shape index (κ1) is 14.0. The monoisotopic (exact) mass is 226 g/mol. The van der Waals surface area contributed by atoms with Gasteiger partial charge in [0.15, 0.2) is 0 Å². The predicted molar refractivity (Wildman–Crippen MR) is 71.6 cm³/mol. The van der Waals surface area contributed by atoms with Crippen LogP contribution in [0, 0.1) is 0 Å². The molecule has 2 atom stereocenters. The van der Waals surface area contributed by atoms with Gasteiger partial charge in [0.1, 0.15) is 0 Å². The van der Waals surface area contributed by atoms with Crippen LogP contribution in [0.2, 0.25) is 0 Å². The van der Waals surface area contributed by atoms with Crippen LogP contribution in [-0.4, -0.2) is 30.1 Å². The van der Waals surface area contributed by atoms with Crippen LogP contribution in [-0.2, 0) is 0 Å². The van der Waals surface area contributed by atoms with E-state index in [9.17, 15) is 0 Å². The molecule has 96 valence electrons. The van der Waals surface area contributed by atoms with E-state index in [4.69, 9.17) is 5.73 Å². The Balaban J connectivity index is 2.34. The van der Waals surface area contributed by atoms with E-state index in [0.29, 0.717) is 0 Å². The van der Waals surface area contributed by atoms with Crippen molar-refractivity contribution < 1.29 is 0 Å². The largest absolute Gasteiger partial charge is 0.330 e. The zero-order valence-corrected chi connectivity index (χ0v) is 11.3. The lowest BCUT2D eigenvalue weighted by Crippen LogP contribution is -2.45. The van der Waals surface area contributed by atoms with Crippen LogP contribution in [0.5, 0.6) is 0 Å². The third kappa shape index (κ3) is 4.42. The fraction of sp³-hybridized carbons (Fsp3) is 1.00. The molecule has 0 bridgehead atoms. The number of likely N-dealkylation sites (tertiary alicyclic amines) is 1. The highest BCUT2D eigenvalue weighted by Crippen LogP contribution is 2.23. The summed E-state index contributed by atoms with van der Waals surface area (Å²) in [5, 5.41) is 0. The predicted octanol–water partition coefficient (Wildman–Crippen LogP) is 3.16.